The van der Waals surface area contributed by atoms with E-state index in [0.29, 0.717) is 24.3 Å². The van der Waals surface area contributed by atoms with Gasteiger partial charge < -0.3 is 10.1 Å². The van der Waals surface area contributed by atoms with Crippen molar-refractivity contribution in [3.05, 3.63) is 12.4 Å². The van der Waals surface area contributed by atoms with E-state index in [0.717, 1.165) is 24.7 Å². The predicted molar refractivity (Wildman–Crippen MR) is 82.5 cm³/mol. The number of anilines is 1. The second-order valence-electron chi connectivity index (χ2n) is 5.43. The van der Waals surface area contributed by atoms with Crippen molar-refractivity contribution in [2.75, 3.05) is 24.3 Å². The lowest BCUT2D eigenvalue weighted by Crippen LogP contribution is -2.27. The summed E-state index contributed by atoms with van der Waals surface area (Å²) in [6.45, 7) is 3.70. The molecule has 112 valence electrons. The Bertz CT molecular complexity index is 402. The van der Waals surface area contributed by atoms with Crippen LogP contribution in [0.4, 0.5) is 5.82 Å². The Balaban J connectivity index is 1.86. The van der Waals surface area contributed by atoms with Crippen molar-refractivity contribution < 1.29 is 4.74 Å². The molecule has 0 bridgehead atoms. The average Bonchev–Trinajstić information content (AvgIpc) is 2.51. The second kappa shape index (κ2) is 8.30. The largest absolute Gasteiger partial charge is 0.478 e. The van der Waals surface area contributed by atoms with Crippen LogP contribution in [-0.2, 0) is 0 Å². The fourth-order valence-corrected chi connectivity index (χ4v) is 3.12. The van der Waals surface area contributed by atoms with E-state index >= 15 is 0 Å². The minimum atomic E-state index is 0.635. The van der Waals surface area contributed by atoms with Gasteiger partial charge in [-0.25, -0.2) is 9.97 Å². The SMILES string of the molecule is CCCOc1cc(NCC2CCCCC2CCl)ncn1. The zero-order valence-corrected chi connectivity index (χ0v) is 12.9. The van der Waals surface area contributed by atoms with Gasteiger partial charge in [0.1, 0.15) is 12.1 Å². The molecule has 1 N–H and O–H groups in total. The van der Waals surface area contributed by atoms with Crippen molar-refractivity contribution in [3.8, 4) is 5.88 Å². The third-order valence-corrected chi connectivity index (χ3v) is 4.30. The van der Waals surface area contributed by atoms with E-state index in [1.807, 2.05) is 6.07 Å². The number of rotatable bonds is 7. The Labute approximate surface area is 126 Å². The Morgan fingerprint density at radius 3 is 2.85 bits per heavy atom. The predicted octanol–water partition coefficient (Wildman–Crippen LogP) is 3.72. The third-order valence-electron chi connectivity index (χ3n) is 3.91. The summed E-state index contributed by atoms with van der Waals surface area (Å²) in [4.78, 5) is 8.36. The molecule has 2 unspecified atom stereocenters. The number of hydrogen-bond acceptors (Lipinski definition) is 4. The Kier molecular flexibility index (Phi) is 6.37. The topological polar surface area (TPSA) is 47.0 Å². The molecule has 1 aromatic rings. The summed E-state index contributed by atoms with van der Waals surface area (Å²) in [6.07, 6.45) is 7.67. The second-order valence-corrected chi connectivity index (χ2v) is 5.74. The zero-order valence-electron chi connectivity index (χ0n) is 12.1. The van der Waals surface area contributed by atoms with Crippen LogP contribution in [-0.4, -0.2) is 29.0 Å². The van der Waals surface area contributed by atoms with Crippen molar-refractivity contribution in [2.45, 2.75) is 39.0 Å². The van der Waals surface area contributed by atoms with Gasteiger partial charge in [-0.3, -0.25) is 0 Å². The highest BCUT2D eigenvalue weighted by atomic mass is 35.5. The van der Waals surface area contributed by atoms with E-state index in [1.54, 1.807) is 6.33 Å². The zero-order chi connectivity index (χ0) is 14.2. The van der Waals surface area contributed by atoms with Crippen molar-refractivity contribution in [1.82, 2.24) is 9.97 Å². The molecule has 1 aliphatic rings. The molecule has 1 aliphatic carbocycles. The van der Waals surface area contributed by atoms with Gasteiger partial charge in [-0.1, -0.05) is 19.8 Å². The van der Waals surface area contributed by atoms with Crippen LogP contribution >= 0.6 is 11.6 Å². The van der Waals surface area contributed by atoms with Crippen LogP contribution < -0.4 is 10.1 Å². The number of alkyl halides is 1. The van der Waals surface area contributed by atoms with Crippen LogP contribution in [0.5, 0.6) is 5.88 Å². The smallest absolute Gasteiger partial charge is 0.218 e. The highest BCUT2D eigenvalue weighted by Gasteiger charge is 2.24. The molecule has 0 aromatic carbocycles. The third kappa shape index (κ3) is 4.51. The minimum Gasteiger partial charge on any atom is -0.478 e. The van der Waals surface area contributed by atoms with Crippen molar-refractivity contribution >= 4 is 17.4 Å². The quantitative estimate of drug-likeness (QED) is 0.779. The molecular formula is C15H24ClN3O. The average molecular weight is 298 g/mol. The Morgan fingerprint density at radius 2 is 2.10 bits per heavy atom. The van der Waals surface area contributed by atoms with Crippen LogP contribution in [0.3, 0.4) is 0 Å². The maximum Gasteiger partial charge on any atom is 0.218 e. The van der Waals surface area contributed by atoms with Gasteiger partial charge in [-0.15, -0.1) is 11.6 Å². The molecular weight excluding hydrogens is 274 g/mol. The van der Waals surface area contributed by atoms with Gasteiger partial charge in [0.05, 0.1) is 6.61 Å². The Hall–Kier alpha value is -1.03. The summed E-state index contributed by atoms with van der Waals surface area (Å²) in [5.41, 5.74) is 0. The molecule has 0 radical (unpaired) electrons. The molecule has 1 saturated carbocycles. The fourth-order valence-electron chi connectivity index (χ4n) is 2.71. The lowest BCUT2D eigenvalue weighted by Gasteiger charge is -2.30. The molecule has 20 heavy (non-hydrogen) atoms. The molecule has 4 nitrogen and oxygen atoms in total. The van der Waals surface area contributed by atoms with Crippen LogP contribution in [0.1, 0.15) is 39.0 Å². The number of nitrogens with zero attached hydrogens (tertiary/aromatic N) is 2. The molecule has 2 atom stereocenters. The molecule has 2 rings (SSSR count). The van der Waals surface area contributed by atoms with E-state index < -0.39 is 0 Å². The molecule has 5 heteroatoms. The number of nitrogens with one attached hydrogen (secondary N) is 1. The van der Waals surface area contributed by atoms with E-state index in [-0.39, 0.29) is 0 Å². The first kappa shape index (κ1) is 15.4. The highest BCUT2D eigenvalue weighted by molar-refractivity contribution is 6.18. The molecule has 0 saturated heterocycles. The van der Waals surface area contributed by atoms with E-state index in [9.17, 15) is 0 Å². The molecule has 1 fully saturated rings. The van der Waals surface area contributed by atoms with Gasteiger partial charge in [0.25, 0.3) is 0 Å². The molecule has 1 aromatic heterocycles. The van der Waals surface area contributed by atoms with Crippen LogP contribution in [0.25, 0.3) is 0 Å². The van der Waals surface area contributed by atoms with Crippen molar-refractivity contribution in [3.63, 3.8) is 0 Å². The monoisotopic (exact) mass is 297 g/mol. The molecule has 0 amide bonds. The maximum absolute atomic E-state index is 6.07. The molecule has 1 heterocycles. The van der Waals surface area contributed by atoms with E-state index in [4.69, 9.17) is 16.3 Å². The first-order valence-corrected chi connectivity index (χ1v) is 8.11. The lowest BCUT2D eigenvalue weighted by molar-refractivity contribution is 0.271. The van der Waals surface area contributed by atoms with E-state index in [1.165, 1.54) is 25.7 Å². The van der Waals surface area contributed by atoms with Gasteiger partial charge in [0.2, 0.25) is 5.88 Å². The van der Waals surface area contributed by atoms with E-state index in [2.05, 4.69) is 22.2 Å². The first-order valence-electron chi connectivity index (χ1n) is 7.58. The summed E-state index contributed by atoms with van der Waals surface area (Å²) >= 11 is 6.07. The van der Waals surface area contributed by atoms with Gasteiger partial charge >= 0.3 is 0 Å². The number of aromatic nitrogens is 2. The van der Waals surface area contributed by atoms with Gasteiger partial charge in [0.15, 0.2) is 0 Å². The number of ether oxygens (including phenoxy) is 1. The molecule has 0 aliphatic heterocycles. The van der Waals surface area contributed by atoms with Gasteiger partial charge in [-0.05, 0) is 31.1 Å². The highest BCUT2D eigenvalue weighted by Crippen LogP contribution is 2.31. The van der Waals surface area contributed by atoms with Gasteiger partial charge in [-0.2, -0.15) is 0 Å². The summed E-state index contributed by atoms with van der Waals surface area (Å²) < 4.78 is 5.52. The summed E-state index contributed by atoms with van der Waals surface area (Å²) in [6, 6.07) is 1.87. The lowest BCUT2D eigenvalue weighted by atomic mass is 9.80. The maximum atomic E-state index is 6.07. The van der Waals surface area contributed by atoms with Gasteiger partial charge in [0, 0.05) is 18.5 Å². The van der Waals surface area contributed by atoms with Crippen LogP contribution in [0, 0.1) is 11.8 Å². The fraction of sp³-hybridized carbons (Fsp3) is 0.733. The summed E-state index contributed by atoms with van der Waals surface area (Å²) in [5, 5.41) is 3.41. The molecule has 0 spiro atoms. The standard InChI is InChI=1S/C15H24ClN3O/c1-2-7-20-15-8-14(18-11-19-15)17-10-13-6-4-3-5-12(13)9-16/h8,11-13H,2-7,9-10H2,1H3,(H,17,18,19). The van der Waals surface area contributed by atoms with Crippen molar-refractivity contribution in [1.29, 1.82) is 0 Å². The normalized spacial score (nSPS) is 22.5. The van der Waals surface area contributed by atoms with Crippen LogP contribution in [0.2, 0.25) is 0 Å². The Morgan fingerprint density at radius 1 is 1.30 bits per heavy atom. The first-order chi connectivity index (χ1) is 9.83. The number of hydrogen-bond donors (Lipinski definition) is 1. The summed E-state index contributed by atoms with van der Waals surface area (Å²) in [5.74, 6) is 3.53. The number of halogens is 1. The van der Waals surface area contributed by atoms with Crippen molar-refractivity contribution in [2.24, 2.45) is 11.8 Å². The summed E-state index contributed by atoms with van der Waals surface area (Å²) in [7, 11) is 0. The van der Waals surface area contributed by atoms with Crippen LogP contribution in [0.15, 0.2) is 12.4 Å². The minimum absolute atomic E-state index is 0.635.